The van der Waals surface area contributed by atoms with Crippen LogP contribution in [0.5, 0.6) is 5.75 Å². The summed E-state index contributed by atoms with van der Waals surface area (Å²) >= 11 is 0. The number of hydrogen-bond acceptors (Lipinski definition) is 3. The number of ether oxygens (including phenoxy) is 1. The molecule has 0 spiro atoms. The minimum absolute atomic E-state index is 0.351. The molecule has 0 saturated heterocycles. The van der Waals surface area contributed by atoms with Crippen LogP contribution in [0.15, 0.2) is 18.2 Å². The van der Waals surface area contributed by atoms with Gasteiger partial charge in [0.25, 0.3) is 0 Å². The van der Waals surface area contributed by atoms with Crippen molar-refractivity contribution in [3.63, 3.8) is 0 Å². The highest BCUT2D eigenvalue weighted by Crippen LogP contribution is 2.36. The van der Waals surface area contributed by atoms with Crippen molar-refractivity contribution in [2.45, 2.75) is 26.7 Å². The van der Waals surface area contributed by atoms with Crippen molar-refractivity contribution in [3.8, 4) is 5.75 Å². The van der Waals surface area contributed by atoms with E-state index in [0.717, 1.165) is 5.75 Å². The van der Waals surface area contributed by atoms with E-state index in [0.29, 0.717) is 30.8 Å². The first-order valence-corrected chi connectivity index (χ1v) is 6.60. The van der Waals surface area contributed by atoms with E-state index in [1.807, 2.05) is 12.1 Å². The molecule has 1 aromatic carbocycles. The van der Waals surface area contributed by atoms with Gasteiger partial charge in [0.05, 0.1) is 7.11 Å². The van der Waals surface area contributed by atoms with Gasteiger partial charge in [0.1, 0.15) is 5.75 Å². The minimum atomic E-state index is 0.351. The second kappa shape index (κ2) is 6.76. The monoisotopic (exact) mass is 250 g/mol. The molecule has 0 heterocycles. The SMILES string of the molecule is COc1cccc(C)c1C(C)C(C)C(CN)CN. The summed E-state index contributed by atoms with van der Waals surface area (Å²) in [7, 11) is 1.72. The molecule has 4 N–H and O–H groups in total. The zero-order valence-corrected chi connectivity index (χ0v) is 11.9. The fourth-order valence-corrected chi connectivity index (χ4v) is 2.61. The first-order chi connectivity index (χ1) is 8.56. The maximum atomic E-state index is 5.80. The molecule has 2 unspecified atom stereocenters. The van der Waals surface area contributed by atoms with E-state index in [4.69, 9.17) is 16.2 Å². The van der Waals surface area contributed by atoms with Crippen molar-refractivity contribution >= 4 is 0 Å². The van der Waals surface area contributed by atoms with Crippen LogP contribution < -0.4 is 16.2 Å². The Bertz CT molecular complexity index is 375. The van der Waals surface area contributed by atoms with Crippen molar-refractivity contribution in [1.82, 2.24) is 0 Å². The molecular weight excluding hydrogens is 224 g/mol. The van der Waals surface area contributed by atoms with E-state index < -0.39 is 0 Å². The molecule has 0 aliphatic rings. The second-order valence-electron chi connectivity index (χ2n) is 5.07. The molecule has 102 valence electrons. The Balaban J connectivity index is 3.06. The van der Waals surface area contributed by atoms with Gasteiger partial charge in [0, 0.05) is 5.56 Å². The van der Waals surface area contributed by atoms with Gasteiger partial charge < -0.3 is 16.2 Å². The highest BCUT2D eigenvalue weighted by Gasteiger charge is 2.25. The predicted octanol–water partition coefficient (Wildman–Crippen LogP) is 2.28. The summed E-state index contributed by atoms with van der Waals surface area (Å²) < 4.78 is 5.48. The molecule has 0 aromatic heterocycles. The first-order valence-electron chi connectivity index (χ1n) is 6.60. The Labute approximate surface area is 111 Å². The normalized spacial score (nSPS) is 14.6. The summed E-state index contributed by atoms with van der Waals surface area (Å²) in [4.78, 5) is 0. The maximum Gasteiger partial charge on any atom is 0.122 e. The number of rotatable bonds is 6. The van der Waals surface area contributed by atoms with Gasteiger partial charge in [-0.2, -0.15) is 0 Å². The molecule has 0 fully saturated rings. The van der Waals surface area contributed by atoms with Crippen LogP contribution in [0.25, 0.3) is 0 Å². The number of methoxy groups -OCH3 is 1. The van der Waals surface area contributed by atoms with Gasteiger partial charge in [-0.1, -0.05) is 26.0 Å². The Morgan fingerprint density at radius 2 is 1.78 bits per heavy atom. The topological polar surface area (TPSA) is 61.3 Å². The van der Waals surface area contributed by atoms with Gasteiger partial charge in [-0.25, -0.2) is 0 Å². The first kappa shape index (κ1) is 15.0. The van der Waals surface area contributed by atoms with E-state index in [9.17, 15) is 0 Å². The molecule has 1 aromatic rings. The van der Waals surface area contributed by atoms with Crippen LogP contribution in [0.3, 0.4) is 0 Å². The second-order valence-corrected chi connectivity index (χ2v) is 5.07. The molecule has 1 rings (SSSR count). The van der Waals surface area contributed by atoms with Gasteiger partial charge in [-0.05, 0) is 49.4 Å². The third-order valence-electron chi connectivity index (χ3n) is 4.10. The zero-order chi connectivity index (χ0) is 13.7. The number of benzene rings is 1. The molecule has 3 heteroatoms. The molecule has 0 amide bonds. The quantitative estimate of drug-likeness (QED) is 0.814. The van der Waals surface area contributed by atoms with Gasteiger partial charge in [-0.3, -0.25) is 0 Å². The van der Waals surface area contributed by atoms with Crippen molar-refractivity contribution in [3.05, 3.63) is 29.3 Å². The van der Waals surface area contributed by atoms with E-state index in [1.165, 1.54) is 11.1 Å². The largest absolute Gasteiger partial charge is 0.496 e. The van der Waals surface area contributed by atoms with Gasteiger partial charge in [0.2, 0.25) is 0 Å². The van der Waals surface area contributed by atoms with Gasteiger partial charge >= 0.3 is 0 Å². The maximum absolute atomic E-state index is 5.80. The summed E-state index contributed by atoms with van der Waals surface area (Å²) in [6.07, 6.45) is 0. The number of aryl methyl sites for hydroxylation is 1. The lowest BCUT2D eigenvalue weighted by atomic mass is 9.78. The average molecular weight is 250 g/mol. The van der Waals surface area contributed by atoms with Crippen molar-refractivity contribution < 1.29 is 4.74 Å². The minimum Gasteiger partial charge on any atom is -0.496 e. The molecular formula is C15H26N2O. The lowest BCUT2D eigenvalue weighted by Gasteiger charge is -2.29. The molecule has 2 atom stereocenters. The third kappa shape index (κ3) is 3.03. The van der Waals surface area contributed by atoms with Gasteiger partial charge in [-0.15, -0.1) is 0 Å². The number of hydrogen-bond donors (Lipinski definition) is 2. The van der Waals surface area contributed by atoms with Crippen LogP contribution >= 0.6 is 0 Å². The van der Waals surface area contributed by atoms with Crippen LogP contribution in [0.1, 0.15) is 30.9 Å². The smallest absolute Gasteiger partial charge is 0.122 e. The Hall–Kier alpha value is -1.06. The summed E-state index contributed by atoms with van der Waals surface area (Å²) in [5.41, 5.74) is 14.1. The van der Waals surface area contributed by atoms with Crippen LogP contribution in [0.2, 0.25) is 0 Å². The van der Waals surface area contributed by atoms with E-state index in [2.05, 4.69) is 26.8 Å². The highest BCUT2D eigenvalue weighted by atomic mass is 16.5. The van der Waals surface area contributed by atoms with Crippen molar-refractivity contribution in [1.29, 1.82) is 0 Å². The molecule has 0 radical (unpaired) electrons. The molecule has 18 heavy (non-hydrogen) atoms. The zero-order valence-electron chi connectivity index (χ0n) is 11.9. The fraction of sp³-hybridized carbons (Fsp3) is 0.600. The van der Waals surface area contributed by atoms with Crippen LogP contribution in [-0.2, 0) is 0 Å². The molecule has 0 saturated carbocycles. The van der Waals surface area contributed by atoms with Crippen LogP contribution in [0.4, 0.5) is 0 Å². The Morgan fingerprint density at radius 3 is 2.28 bits per heavy atom. The standard InChI is InChI=1S/C15H26N2O/c1-10-6-5-7-14(18-4)15(10)12(3)11(2)13(8-16)9-17/h5-7,11-13H,8-9,16-17H2,1-4H3. The lowest BCUT2D eigenvalue weighted by molar-refractivity contribution is 0.318. The highest BCUT2D eigenvalue weighted by molar-refractivity contribution is 5.42. The summed E-state index contributed by atoms with van der Waals surface area (Å²) in [5.74, 6) is 2.14. The van der Waals surface area contributed by atoms with Crippen LogP contribution in [0, 0.1) is 18.8 Å². The predicted molar refractivity (Wildman–Crippen MR) is 76.9 cm³/mol. The molecule has 0 aliphatic carbocycles. The summed E-state index contributed by atoms with van der Waals surface area (Å²) in [6.45, 7) is 7.85. The lowest BCUT2D eigenvalue weighted by Crippen LogP contribution is -2.31. The third-order valence-corrected chi connectivity index (χ3v) is 4.10. The summed E-state index contributed by atoms with van der Waals surface area (Å²) in [6, 6.07) is 6.17. The average Bonchev–Trinajstić information content (AvgIpc) is 2.38. The molecule has 3 nitrogen and oxygen atoms in total. The summed E-state index contributed by atoms with van der Waals surface area (Å²) in [5, 5.41) is 0. The van der Waals surface area contributed by atoms with E-state index in [-0.39, 0.29) is 0 Å². The van der Waals surface area contributed by atoms with Crippen LogP contribution in [-0.4, -0.2) is 20.2 Å². The molecule has 0 aliphatic heterocycles. The van der Waals surface area contributed by atoms with E-state index in [1.54, 1.807) is 7.11 Å². The molecule has 0 bridgehead atoms. The van der Waals surface area contributed by atoms with Crippen molar-refractivity contribution in [2.75, 3.05) is 20.2 Å². The number of nitrogens with two attached hydrogens (primary N) is 2. The fourth-order valence-electron chi connectivity index (χ4n) is 2.61. The Morgan fingerprint density at radius 1 is 1.17 bits per heavy atom. The Kier molecular flexibility index (Phi) is 5.63. The van der Waals surface area contributed by atoms with Crippen molar-refractivity contribution in [2.24, 2.45) is 23.3 Å². The van der Waals surface area contributed by atoms with E-state index >= 15 is 0 Å². The van der Waals surface area contributed by atoms with Gasteiger partial charge in [0.15, 0.2) is 0 Å².